The summed E-state index contributed by atoms with van der Waals surface area (Å²) in [6, 6.07) is 16.3. The summed E-state index contributed by atoms with van der Waals surface area (Å²) >= 11 is 1.58. The third kappa shape index (κ3) is 6.26. The lowest BCUT2D eigenvalue weighted by Gasteiger charge is -2.29. The van der Waals surface area contributed by atoms with E-state index in [9.17, 15) is 9.59 Å². The Kier molecular flexibility index (Phi) is 8.48. The molecule has 1 fully saturated rings. The van der Waals surface area contributed by atoms with Gasteiger partial charge in [-0.1, -0.05) is 49.0 Å². The third-order valence-corrected chi connectivity index (χ3v) is 7.51. The van der Waals surface area contributed by atoms with E-state index in [4.69, 9.17) is 14.6 Å². The molecular weight excluding hydrogens is 516 g/mol. The molecule has 1 saturated heterocycles. The molecule has 2 aliphatic heterocycles. The third-order valence-electron chi connectivity index (χ3n) is 6.47. The Hall–Kier alpha value is -3.83. The number of allylic oxidation sites excluding steroid dienone is 1. The molecule has 5 rings (SSSR count). The molecular formula is C28H32N6O4S. The van der Waals surface area contributed by atoms with E-state index in [-0.39, 0.29) is 18.4 Å². The van der Waals surface area contributed by atoms with E-state index in [0.29, 0.717) is 60.1 Å². The summed E-state index contributed by atoms with van der Waals surface area (Å²) in [4.78, 5) is 32.5. The Balaban J connectivity index is 1.39. The van der Waals surface area contributed by atoms with Gasteiger partial charge in [-0.05, 0) is 43.2 Å². The quantitative estimate of drug-likeness (QED) is 0.387. The van der Waals surface area contributed by atoms with Crippen LogP contribution in [0.15, 0.2) is 71.0 Å². The number of benzene rings is 2. The summed E-state index contributed by atoms with van der Waals surface area (Å²) in [5.74, 6) is 1.77. The van der Waals surface area contributed by atoms with Crippen LogP contribution in [-0.2, 0) is 14.3 Å². The molecule has 1 unspecified atom stereocenters. The Morgan fingerprint density at radius 1 is 1.13 bits per heavy atom. The molecule has 39 heavy (non-hydrogen) atoms. The molecule has 2 aliphatic rings. The second-order valence-corrected chi connectivity index (χ2v) is 10.3. The van der Waals surface area contributed by atoms with E-state index in [1.807, 2.05) is 61.5 Å². The molecule has 204 valence electrons. The van der Waals surface area contributed by atoms with E-state index in [0.717, 1.165) is 17.7 Å². The van der Waals surface area contributed by atoms with E-state index in [1.54, 1.807) is 21.3 Å². The maximum Gasteiger partial charge on any atom is 0.260 e. The molecule has 0 radical (unpaired) electrons. The number of anilines is 2. The normalized spacial score (nSPS) is 16.9. The highest BCUT2D eigenvalue weighted by molar-refractivity contribution is 7.99. The fraction of sp³-hybridized carbons (Fsp3) is 0.357. The molecule has 3 heterocycles. The first kappa shape index (κ1) is 26.8. The number of morpholine rings is 1. The number of nitrogens with one attached hydrogen (secondary N) is 2. The van der Waals surface area contributed by atoms with Crippen LogP contribution in [0.2, 0.25) is 0 Å². The van der Waals surface area contributed by atoms with Gasteiger partial charge < -0.3 is 25.0 Å². The van der Waals surface area contributed by atoms with Crippen molar-refractivity contribution in [1.82, 2.24) is 19.7 Å². The number of hydrogen-bond donors (Lipinski definition) is 2. The summed E-state index contributed by atoms with van der Waals surface area (Å²) in [7, 11) is 0. The van der Waals surface area contributed by atoms with Crippen molar-refractivity contribution in [1.29, 1.82) is 0 Å². The van der Waals surface area contributed by atoms with Crippen LogP contribution in [0.25, 0.3) is 0 Å². The number of hydrogen-bond acceptors (Lipinski definition) is 8. The van der Waals surface area contributed by atoms with Gasteiger partial charge in [-0.2, -0.15) is 4.98 Å². The van der Waals surface area contributed by atoms with Crippen LogP contribution >= 0.6 is 11.8 Å². The summed E-state index contributed by atoms with van der Waals surface area (Å²) in [6.45, 7) is 6.20. The molecule has 10 nitrogen and oxygen atoms in total. The van der Waals surface area contributed by atoms with Crippen LogP contribution in [0.4, 0.5) is 11.6 Å². The van der Waals surface area contributed by atoms with Gasteiger partial charge in [0.1, 0.15) is 11.8 Å². The molecule has 1 atom stereocenters. The van der Waals surface area contributed by atoms with Crippen molar-refractivity contribution in [3.63, 3.8) is 0 Å². The van der Waals surface area contributed by atoms with Crippen molar-refractivity contribution in [3.8, 4) is 5.75 Å². The first-order valence-electron chi connectivity index (χ1n) is 13.0. The zero-order valence-corrected chi connectivity index (χ0v) is 22.9. The van der Waals surface area contributed by atoms with Gasteiger partial charge in [-0.3, -0.25) is 9.59 Å². The van der Waals surface area contributed by atoms with Gasteiger partial charge in [-0.25, -0.2) is 4.68 Å². The maximum atomic E-state index is 13.6. The predicted molar refractivity (Wildman–Crippen MR) is 150 cm³/mol. The topological polar surface area (TPSA) is 111 Å². The second kappa shape index (κ2) is 12.4. The van der Waals surface area contributed by atoms with Crippen LogP contribution in [0.1, 0.15) is 31.9 Å². The van der Waals surface area contributed by atoms with Gasteiger partial charge in [0.05, 0.1) is 18.8 Å². The lowest BCUT2D eigenvalue weighted by atomic mass is 9.95. The maximum absolute atomic E-state index is 13.6. The lowest BCUT2D eigenvalue weighted by molar-refractivity contribution is -0.137. The van der Waals surface area contributed by atoms with E-state index >= 15 is 0 Å². The molecule has 0 saturated carbocycles. The second-order valence-electron chi connectivity index (χ2n) is 9.25. The number of amides is 2. The van der Waals surface area contributed by atoms with Crippen LogP contribution in [-0.4, -0.2) is 70.1 Å². The summed E-state index contributed by atoms with van der Waals surface area (Å²) in [5.41, 5.74) is 2.80. The van der Waals surface area contributed by atoms with Gasteiger partial charge in [0.2, 0.25) is 11.1 Å². The molecule has 0 bridgehead atoms. The van der Waals surface area contributed by atoms with Crippen molar-refractivity contribution in [2.24, 2.45) is 0 Å². The summed E-state index contributed by atoms with van der Waals surface area (Å²) in [5, 5.41) is 11.7. The van der Waals surface area contributed by atoms with Gasteiger partial charge >= 0.3 is 0 Å². The molecule has 1 aromatic heterocycles. The van der Waals surface area contributed by atoms with Gasteiger partial charge in [-0.15, -0.1) is 5.10 Å². The Morgan fingerprint density at radius 2 is 1.87 bits per heavy atom. The van der Waals surface area contributed by atoms with E-state index in [2.05, 4.69) is 22.5 Å². The van der Waals surface area contributed by atoms with Crippen LogP contribution in [0.3, 0.4) is 0 Å². The van der Waals surface area contributed by atoms with Crippen molar-refractivity contribution in [3.05, 3.63) is 71.4 Å². The van der Waals surface area contributed by atoms with Gasteiger partial charge in [0.15, 0.2) is 6.61 Å². The summed E-state index contributed by atoms with van der Waals surface area (Å²) in [6.07, 6.45) is 1.00. The minimum absolute atomic E-state index is 0.0400. The fourth-order valence-corrected chi connectivity index (χ4v) is 5.19. The fourth-order valence-electron chi connectivity index (χ4n) is 4.50. The number of rotatable bonds is 9. The molecule has 11 heteroatoms. The predicted octanol–water partition coefficient (Wildman–Crippen LogP) is 3.95. The molecule has 2 N–H and O–H groups in total. The number of carbonyl (C=O) groups excluding carboxylic acids is 2. The average Bonchev–Trinajstić information content (AvgIpc) is 3.37. The van der Waals surface area contributed by atoms with Crippen LogP contribution in [0, 0.1) is 0 Å². The van der Waals surface area contributed by atoms with Gasteiger partial charge in [0, 0.05) is 30.2 Å². The number of para-hydroxylation sites is 1. The number of carbonyl (C=O) groups is 2. The minimum Gasteiger partial charge on any atom is -0.484 e. The van der Waals surface area contributed by atoms with Crippen molar-refractivity contribution >= 4 is 35.2 Å². The van der Waals surface area contributed by atoms with Crippen LogP contribution in [0.5, 0.6) is 5.75 Å². The molecule has 0 aliphatic carbocycles. The van der Waals surface area contributed by atoms with Crippen molar-refractivity contribution < 1.29 is 19.1 Å². The zero-order chi connectivity index (χ0) is 27.2. The summed E-state index contributed by atoms with van der Waals surface area (Å²) < 4.78 is 12.9. The van der Waals surface area contributed by atoms with E-state index < -0.39 is 6.04 Å². The van der Waals surface area contributed by atoms with Crippen molar-refractivity contribution in [2.45, 2.75) is 31.5 Å². The zero-order valence-electron chi connectivity index (χ0n) is 22.1. The monoisotopic (exact) mass is 548 g/mol. The number of nitrogens with zero attached hydrogens (tertiary/aromatic N) is 4. The largest absolute Gasteiger partial charge is 0.484 e. The number of aromatic nitrogens is 3. The number of fused-ring (bicyclic) bond motifs is 1. The van der Waals surface area contributed by atoms with E-state index in [1.165, 1.54) is 0 Å². The van der Waals surface area contributed by atoms with Gasteiger partial charge in [0.25, 0.3) is 11.8 Å². The Bertz CT molecular complexity index is 1340. The first-order chi connectivity index (χ1) is 19.0. The molecule has 0 spiro atoms. The Labute approximate surface area is 231 Å². The SMILES string of the molecule is CCCSc1nc2n(n1)C(c1ccc(OCC(=O)N3CCOCC3)cc1)C(C(=O)Nc1ccccc1)=C(C)N2. The molecule has 2 amide bonds. The van der Waals surface area contributed by atoms with Crippen molar-refractivity contribution in [2.75, 3.05) is 49.3 Å². The number of ether oxygens (including phenoxy) is 2. The highest BCUT2D eigenvalue weighted by Crippen LogP contribution is 2.37. The Morgan fingerprint density at radius 3 is 2.59 bits per heavy atom. The molecule has 2 aromatic carbocycles. The molecule has 3 aromatic rings. The standard InChI is InChI=1S/C28H32N6O4S/c1-3-17-39-28-31-27-29-19(2)24(26(36)30-21-7-5-4-6-8-21)25(34(27)32-28)20-9-11-22(12-10-20)38-18-23(35)33-13-15-37-16-14-33/h4-12,25H,3,13-18H2,1-2H3,(H,30,36)(H,29,31,32). The highest BCUT2D eigenvalue weighted by Gasteiger charge is 2.34. The average molecular weight is 549 g/mol. The van der Waals surface area contributed by atoms with Crippen LogP contribution < -0.4 is 15.4 Å². The first-order valence-corrected chi connectivity index (χ1v) is 14.0. The smallest absolute Gasteiger partial charge is 0.260 e. The number of thioether (sulfide) groups is 1. The lowest BCUT2D eigenvalue weighted by Crippen LogP contribution is -2.42. The highest BCUT2D eigenvalue weighted by atomic mass is 32.2. The minimum atomic E-state index is -0.502.